The van der Waals surface area contributed by atoms with Gasteiger partial charge in [0.1, 0.15) is 16.2 Å². The van der Waals surface area contributed by atoms with Gasteiger partial charge >= 0.3 is 0 Å². The lowest BCUT2D eigenvalue weighted by Crippen LogP contribution is -2.27. The van der Waals surface area contributed by atoms with Crippen LogP contribution in [0.3, 0.4) is 0 Å². The lowest BCUT2D eigenvalue weighted by molar-refractivity contribution is -0.117. The number of rotatable bonds is 4. The maximum atomic E-state index is 12.2. The molecule has 0 aliphatic carbocycles. The molecule has 1 atom stereocenters. The predicted molar refractivity (Wildman–Crippen MR) is 88.5 cm³/mol. The number of carbonyl (C=O) groups is 1. The summed E-state index contributed by atoms with van der Waals surface area (Å²) in [5.41, 5.74) is 1.73. The van der Waals surface area contributed by atoms with E-state index in [0.29, 0.717) is 10.2 Å². The SMILES string of the molecule is CC(NC(=O)C(C#N)=Cc1ccc(Br)nc1)c1ccccc1. The van der Waals surface area contributed by atoms with E-state index in [9.17, 15) is 10.1 Å². The molecule has 5 heteroatoms. The fraction of sp³-hybridized carbons (Fsp3) is 0.118. The third kappa shape index (κ3) is 4.27. The Labute approximate surface area is 137 Å². The van der Waals surface area contributed by atoms with Crippen molar-refractivity contribution in [3.05, 3.63) is 70.0 Å². The molecule has 0 radical (unpaired) electrons. The summed E-state index contributed by atoms with van der Waals surface area (Å²) < 4.78 is 0.699. The predicted octanol–water partition coefficient (Wildman–Crippen LogP) is 3.63. The average molecular weight is 356 g/mol. The molecule has 2 aromatic rings. The van der Waals surface area contributed by atoms with E-state index >= 15 is 0 Å². The van der Waals surface area contributed by atoms with Crippen LogP contribution >= 0.6 is 15.9 Å². The largest absolute Gasteiger partial charge is 0.345 e. The molecule has 0 saturated heterocycles. The Kier molecular flexibility index (Phi) is 5.45. The fourth-order valence-electron chi connectivity index (χ4n) is 1.89. The van der Waals surface area contributed by atoms with E-state index in [1.807, 2.05) is 43.3 Å². The van der Waals surface area contributed by atoms with Gasteiger partial charge in [-0.15, -0.1) is 0 Å². The van der Waals surface area contributed by atoms with Crippen molar-refractivity contribution < 1.29 is 4.79 Å². The second kappa shape index (κ2) is 7.53. The van der Waals surface area contributed by atoms with Gasteiger partial charge in [0, 0.05) is 6.20 Å². The summed E-state index contributed by atoms with van der Waals surface area (Å²) in [7, 11) is 0. The minimum Gasteiger partial charge on any atom is -0.345 e. The number of carbonyl (C=O) groups excluding carboxylic acids is 1. The van der Waals surface area contributed by atoms with Crippen LogP contribution in [0.5, 0.6) is 0 Å². The van der Waals surface area contributed by atoms with Crippen LogP contribution in [0.1, 0.15) is 24.1 Å². The van der Waals surface area contributed by atoms with Crippen LogP contribution in [0.4, 0.5) is 0 Å². The first kappa shape index (κ1) is 15.9. The van der Waals surface area contributed by atoms with Crippen LogP contribution < -0.4 is 5.32 Å². The van der Waals surface area contributed by atoms with E-state index < -0.39 is 5.91 Å². The van der Waals surface area contributed by atoms with Gasteiger partial charge in [-0.1, -0.05) is 36.4 Å². The highest BCUT2D eigenvalue weighted by atomic mass is 79.9. The van der Waals surface area contributed by atoms with Crippen molar-refractivity contribution in [1.82, 2.24) is 10.3 Å². The molecule has 1 N–H and O–H groups in total. The van der Waals surface area contributed by atoms with Crippen LogP contribution in [-0.2, 0) is 4.79 Å². The monoisotopic (exact) mass is 355 g/mol. The number of halogens is 1. The van der Waals surface area contributed by atoms with Crippen molar-refractivity contribution in [2.45, 2.75) is 13.0 Å². The minimum atomic E-state index is -0.401. The van der Waals surface area contributed by atoms with Crippen molar-refractivity contribution in [2.24, 2.45) is 0 Å². The number of hydrogen-bond acceptors (Lipinski definition) is 3. The Bertz CT molecular complexity index is 718. The molecule has 0 aliphatic rings. The quantitative estimate of drug-likeness (QED) is 0.517. The summed E-state index contributed by atoms with van der Waals surface area (Å²) in [6.07, 6.45) is 3.11. The second-order valence-electron chi connectivity index (χ2n) is 4.69. The molecule has 1 aromatic heterocycles. The third-order valence-electron chi connectivity index (χ3n) is 3.07. The molecule has 22 heavy (non-hydrogen) atoms. The second-order valence-corrected chi connectivity index (χ2v) is 5.50. The zero-order valence-electron chi connectivity index (χ0n) is 12.0. The molecule has 110 valence electrons. The standard InChI is InChI=1S/C17H14BrN3O/c1-12(14-5-3-2-4-6-14)21-17(22)15(10-19)9-13-7-8-16(18)20-11-13/h2-9,11-12H,1H3,(H,21,22). The first-order valence-corrected chi connectivity index (χ1v) is 7.48. The van der Waals surface area contributed by atoms with Gasteiger partial charge in [0.05, 0.1) is 6.04 Å². The maximum absolute atomic E-state index is 12.2. The van der Waals surface area contributed by atoms with Gasteiger partial charge in [-0.2, -0.15) is 5.26 Å². The molecule has 4 nitrogen and oxygen atoms in total. The Hall–Kier alpha value is -2.45. The van der Waals surface area contributed by atoms with Crippen LogP contribution in [0.2, 0.25) is 0 Å². The van der Waals surface area contributed by atoms with Gasteiger partial charge in [0.25, 0.3) is 5.91 Å². The van der Waals surface area contributed by atoms with Gasteiger partial charge < -0.3 is 5.32 Å². The molecule has 0 bridgehead atoms. The van der Waals surface area contributed by atoms with Gasteiger partial charge in [-0.05, 0) is 46.1 Å². The van der Waals surface area contributed by atoms with Crippen molar-refractivity contribution >= 4 is 27.9 Å². The maximum Gasteiger partial charge on any atom is 0.262 e. The molecule has 1 amide bonds. The molecule has 1 unspecified atom stereocenters. The molecular weight excluding hydrogens is 342 g/mol. The normalized spacial score (nSPS) is 12.3. The molecule has 1 heterocycles. The zero-order valence-corrected chi connectivity index (χ0v) is 13.5. The summed E-state index contributed by atoms with van der Waals surface area (Å²) in [6, 6.07) is 14.9. The first-order valence-electron chi connectivity index (χ1n) is 6.69. The summed E-state index contributed by atoms with van der Waals surface area (Å²) in [6.45, 7) is 1.88. The minimum absolute atomic E-state index is 0.0481. The molecule has 2 rings (SSSR count). The number of hydrogen-bond donors (Lipinski definition) is 1. The van der Waals surface area contributed by atoms with Gasteiger partial charge in [-0.25, -0.2) is 4.98 Å². The lowest BCUT2D eigenvalue weighted by atomic mass is 10.1. The molecule has 0 spiro atoms. The van der Waals surface area contributed by atoms with Crippen LogP contribution in [0, 0.1) is 11.3 Å². The highest BCUT2D eigenvalue weighted by molar-refractivity contribution is 9.10. The third-order valence-corrected chi connectivity index (χ3v) is 3.54. The average Bonchev–Trinajstić information content (AvgIpc) is 2.55. The number of nitrogens with zero attached hydrogens (tertiary/aromatic N) is 2. The van der Waals surface area contributed by atoms with Crippen molar-refractivity contribution in [3.8, 4) is 6.07 Å². The van der Waals surface area contributed by atoms with E-state index in [4.69, 9.17) is 0 Å². The molecule has 0 saturated carbocycles. The highest BCUT2D eigenvalue weighted by Gasteiger charge is 2.13. The molecular formula is C17H14BrN3O. The number of amides is 1. The smallest absolute Gasteiger partial charge is 0.262 e. The Morgan fingerprint density at radius 2 is 2.05 bits per heavy atom. The Balaban J connectivity index is 2.12. The van der Waals surface area contributed by atoms with Gasteiger partial charge in [-0.3, -0.25) is 4.79 Å². The van der Waals surface area contributed by atoms with Crippen LogP contribution in [-0.4, -0.2) is 10.9 Å². The van der Waals surface area contributed by atoms with Gasteiger partial charge in [0.2, 0.25) is 0 Å². The van der Waals surface area contributed by atoms with Crippen molar-refractivity contribution in [3.63, 3.8) is 0 Å². The van der Waals surface area contributed by atoms with Crippen molar-refractivity contribution in [2.75, 3.05) is 0 Å². The Morgan fingerprint density at radius 3 is 2.64 bits per heavy atom. The zero-order chi connectivity index (χ0) is 15.9. The summed E-state index contributed by atoms with van der Waals surface area (Å²) in [4.78, 5) is 16.3. The number of benzene rings is 1. The fourth-order valence-corrected chi connectivity index (χ4v) is 2.12. The summed E-state index contributed by atoms with van der Waals surface area (Å²) in [5.74, 6) is -0.401. The van der Waals surface area contributed by atoms with Crippen LogP contribution in [0.15, 0.2) is 58.8 Å². The number of nitriles is 1. The van der Waals surface area contributed by atoms with Crippen molar-refractivity contribution in [1.29, 1.82) is 5.26 Å². The lowest BCUT2D eigenvalue weighted by Gasteiger charge is -2.13. The van der Waals surface area contributed by atoms with Gasteiger partial charge in [0.15, 0.2) is 0 Å². The molecule has 1 aromatic carbocycles. The number of pyridine rings is 1. The summed E-state index contributed by atoms with van der Waals surface area (Å²) in [5, 5.41) is 12.0. The topological polar surface area (TPSA) is 65.8 Å². The molecule has 0 aliphatic heterocycles. The number of nitrogens with one attached hydrogen (secondary N) is 1. The van der Waals surface area contributed by atoms with E-state index in [0.717, 1.165) is 5.56 Å². The Morgan fingerprint density at radius 1 is 1.32 bits per heavy atom. The van der Waals surface area contributed by atoms with E-state index in [1.165, 1.54) is 6.08 Å². The van der Waals surface area contributed by atoms with E-state index in [2.05, 4.69) is 26.2 Å². The van der Waals surface area contributed by atoms with E-state index in [1.54, 1.807) is 18.3 Å². The van der Waals surface area contributed by atoms with E-state index in [-0.39, 0.29) is 11.6 Å². The highest BCUT2D eigenvalue weighted by Crippen LogP contribution is 2.14. The van der Waals surface area contributed by atoms with Crippen LogP contribution in [0.25, 0.3) is 6.08 Å². The molecule has 0 fully saturated rings. The first-order chi connectivity index (χ1) is 10.6. The number of aromatic nitrogens is 1. The summed E-state index contributed by atoms with van der Waals surface area (Å²) >= 11 is 3.24.